The van der Waals surface area contributed by atoms with Crippen LogP contribution in [-0.4, -0.2) is 14.0 Å². The van der Waals surface area contributed by atoms with E-state index in [4.69, 9.17) is 5.73 Å². The number of hydrogen-bond acceptors (Lipinski definition) is 2. The predicted octanol–water partition coefficient (Wildman–Crippen LogP) is 2.92. The number of nitrogen functional groups attached to an aromatic ring is 1. The van der Waals surface area contributed by atoms with Crippen LogP contribution in [0.5, 0.6) is 0 Å². The van der Waals surface area contributed by atoms with E-state index in [1.54, 1.807) is 0 Å². The van der Waals surface area contributed by atoms with Crippen molar-refractivity contribution in [2.45, 2.75) is 6.54 Å². The minimum Gasteiger partial charge on any atom is -0.399 e. The van der Waals surface area contributed by atoms with Gasteiger partial charge in [0.15, 0.2) is 0 Å². The Morgan fingerprint density at radius 1 is 1.05 bits per heavy atom. The molecule has 0 fully saturated rings. The van der Waals surface area contributed by atoms with Gasteiger partial charge in [-0.15, -0.1) is 0 Å². The van der Waals surface area contributed by atoms with E-state index in [0.717, 1.165) is 29.0 Å². The Balaban J connectivity index is 1.76. The summed E-state index contributed by atoms with van der Waals surface area (Å²) in [6.45, 7) is 0.759. The Bertz CT molecular complexity index is 868. The summed E-state index contributed by atoms with van der Waals surface area (Å²) in [4.78, 5) is 4.63. The zero-order chi connectivity index (χ0) is 13.5. The quantitative estimate of drug-likeness (QED) is 0.565. The van der Waals surface area contributed by atoms with Gasteiger partial charge in [-0.25, -0.2) is 4.98 Å². The second-order valence-corrected chi connectivity index (χ2v) is 4.96. The lowest BCUT2D eigenvalue weighted by atomic mass is 10.2. The molecule has 98 valence electrons. The molecule has 0 bridgehead atoms. The van der Waals surface area contributed by atoms with Crippen molar-refractivity contribution in [3.05, 3.63) is 66.7 Å². The summed E-state index contributed by atoms with van der Waals surface area (Å²) in [6.07, 6.45) is 6.16. The van der Waals surface area contributed by atoms with Crippen molar-refractivity contribution >= 4 is 22.2 Å². The van der Waals surface area contributed by atoms with Gasteiger partial charge in [0.2, 0.25) is 0 Å². The van der Waals surface area contributed by atoms with Crippen molar-refractivity contribution in [1.82, 2.24) is 14.0 Å². The van der Waals surface area contributed by atoms with Crippen molar-refractivity contribution in [2.75, 3.05) is 5.73 Å². The molecule has 0 saturated carbocycles. The molecule has 0 unspecified atom stereocenters. The first kappa shape index (κ1) is 11.1. The summed E-state index contributed by atoms with van der Waals surface area (Å²) >= 11 is 0. The van der Waals surface area contributed by atoms with E-state index in [1.165, 1.54) is 5.52 Å². The number of nitrogens with two attached hydrogens (primary N) is 1. The van der Waals surface area contributed by atoms with Crippen LogP contribution in [0.2, 0.25) is 0 Å². The molecule has 0 spiro atoms. The maximum atomic E-state index is 5.81. The summed E-state index contributed by atoms with van der Waals surface area (Å²) in [5.41, 5.74) is 9.81. The van der Waals surface area contributed by atoms with Crippen molar-refractivity contribution in [3.8, 4) is 0 Å². The maximum absolute atomic E-state index is 5.81. The second kappa shape index (κ2) is 4.13. The van der Waals surface area contributed by atoms with Gasteiger partial charge in [0.25, 0.3) is 0 Å². The average molecular weight is 262 g/mol. The van der Waals surface area contributed by atoms with E-state index < -0.39 is 0 Å². The molecule has 2 N–H and O–H groups in total. The molecule has 0 aliphatic heterocycles. The molecular weight excluding hydrogens is 248 g/mol. The lowest BCUT2D eigenvalue weighted by Gasteiger charge is -2.03. The molecule has 20 heavy (non-hydrogen) atoms. The summed E-state index contributed by atoms with van der Waals surface area (Å²) in [5, 5.41) is 1.16. The third-order valence-electron chi connectivity index (χ3n) is 3.54. The number of anilines is 1. The highest BCUT2D eigenvalue weighted by molar-refractivity contribution is 5.83. The highest BCUT2D eigenvalue weighted by atomic mass is 15.0. The molecule has 4 rings (SSSR count). The summed E-state index contributed by atoms with van der Waals surface area (Å²) in [5.74, 6) is 0. The minimum atomic E-state index is 0.759. The van der Waals surface area contributed by atoms with E-state index in [0.29, 0.717) is 0 Å². The first-order chi connectivity index (χ1) is 9.79. The monoisotopic (exact) mass is 262 g/mol. The number of aromatic nitrogens is 3. The Hall–Kier alpha value is -2.75. The second-order valence-electron chi connectivity index (χ2n) is 4.96. The summed E-state index contributed by atoms with van der Waals surface area (Å²) in [7, 11) is 0. The molecule has 0 radical (unpaired) electrons. The van der Waals surface area contributed by atoms with E-state index in [-0.39, 0.29) is 0 Å². The Morgan fingerprint density at radius 2 is 2.00 bits per heavy atom. The Morgan fingerprint density at radius 3 is 2.90 bits per heavy atom. The van der Waals surface area contributed by atoms with E-state index in [2.05, 4.69) is 34.1 Å². The van der Waals surface area contributed by atoms with E-state index >= 15 is 0 Å². The largest absolute Gasteiger partial charge is 0.399 e. The molecule has 0 aliphatic carbocycles. The van der Waals surface area contributed by atoms with Crippen LogP contribution in [0, 0.1) is 0 Å². The Labute approximate surface area is 116 Å². The zero-order valence-electron chi connectivity index (χ0n) is 10.9. The summed E-state index contributed by atoms with van der Waals surface area (Å²) in [6, 6.07) is 14.1. The first-order valence-corrected chi connectivity index (χ1v) is 6.56. The molecule has 0 aliphatic rings. The standard InChI is InChI=1S/C16H14N4/c17-13-4-5-15-12(9-13)6-8-19(15)10-14-11-20-7-2-1-3-16(20)18-14/h1-9,11H,10,17H2. The van der Waals surface area contributed by atoms with Gasteiger partial charge in [-0.05, 0) is 36.4 Å². The van der Waals surface area contributed by atoms with Gasteiger partial charge in [0.1, 0.15) is 5.65 Å². The van der Waals surface area contributed by atoms with Gasteiger partial charge in [-0.3, -0.25) is 0 Å². The van der Waals surface area contributed by atoms with Gasteiger partial charge in [0.05, 0.1) is 12.2 Å². The number of hydrogen-bond donors (Lipinski definition) is 1. The number of fused-ring (bicyclic) bond motifs is 2. The third-order valence-corrected chi connectivity index (χ3v) is 3.54. The summed E-state index contributed by atoms with van der Waals surface area (Å²) < 4.78 is 4.23. The number of rotatable bonds is 2. The maximum Gasteiger partial charge on any atom is 0.137 e. The number of pyridine rings is 1. The van der Waals surface area contributed by atoms with Crippen molar-refractivity contribution in [2.24, 2.45) is 0 Å². The van der Waals surface area contributed by atoms with Gasteiger partial charge in [-0.2, -0.15) is 0 Å². The molecule has 4 nitrogen and oxygen atoms in total. The zero-order valence-corrected chi connectivity index (χ0v) is 10.9. The van der Waals surface area contributed by atoms with Crippen LogP contribution in [0.4, 0.5) is 5.69 Å². The fourth-order valence-corrected chi connectivity index (χ4v) is 2.59. The molecule has 0 amide bonds. The predicted molar refractivity (Wildman–Crippen MR) is 80.6 cm³/mol. The van der Waals surface area contributed by atoms with E-state index in [9.17, 15) is 0 Å². The highest BCUT2D eigenvalue weighted by Gasteiger charge is 2.05. The van der Waals surface area contributed by atoms with Crippen LogP contribution in [0.25, 0.3) is 16.6 Å². The lowest BCUT2D eigenvalue weighted by molar-refractivity contribution is 0.815. The molecule has 0 saturated heterocycles. The normalized spacial score (nSPS) is 11.4. The van der Waals surface area contributed by atoms with E-state index in [1.807, 2.05) is 40.9 Å². The van der Waals surface area contributed by atoms with Crippen molar-refractivity contribution in [3.63, 3.8) is 0 Å². The van der Waals surface area contributed by atoms with Gasteiger partial charge >= 0.3 is 0 Å². The molecule has 4 heteroatoms. The SMILES string of the molecule is Nc1ccc2c(ccn2Cc2cn3ccccc3n2)c1. The third kappa shape index (κ3) is 1.73. The molecule has 0 atom stereocenters. The van der Waals surface area contributed by atoms with Crippen molar-refractivity contribution < 1.29 is 0 Å². The number of benzene rings is 1. The molecule has 3 heterocycles. The molecule has 1 aromatic carbocycles. The van der Waals surface area contributed by atoms with Crippen LogP contribution >= 0.6 is 0 Å². The first-order valence-electron chi connectivity index (χ1n) is 6.56. The molecule has 4 aromatic rings. The average Bonchev–Trinajstić information content (AvgIpc) is 3.02. The number of nitrogens with zero attached hydrogens (tertiary/aromatic N) is 3. The molecular formula is C16H14N4. The van der Waals surface area contributed by atoms with Gasteiger partial charge in [-0.1, -0.05) is 6.07 Å². The van der Waals surface area contributed by atoms with Crippen LogP contribution < -0.4 is 5.73 Å². The van der Waals surface area contributed by atoms with Crippen LogP contribution in [-0.2, 0) is 6.54 Å². The fourth-order valence-electron chi connectivity index (χ4n) is 2.59. The minimum absolute atomic E-state index is 0.759. The lowest BCUT2D eigenvalue weighted by Crippen LogP contribution is -1.98. The molecule has 3 aromatic heterocycles. The van der Waals surface area contributed by atoms with Crippen LogP contribution in [0.15, 0.2) is 61.1 Å². The smallest absolute Gasteiger partial charge is 0.137 e. The van der Waals surface area contributed by atoms with Gasteiger partial charge < -0.3 is 14.7 Å². The van der Waals surface area contributed by atoms with Crippen LogP contribution in [0.3, 0.4) is 0 Å². The van der Waals surface area contributed by atoms with Crippen molar-refractivity contribution in [1.29, 1.82) is 0 Å². The fraction of sp³-hybridized carbons (Fsp3) is 0.0625. The number of imidazole rings is 1. The van der Waals surface area contributed by atoms with Crippen LogP contribution in [0.1, 0.15) is 5.69 Å². The topological polar surface area (TPSA) is 48.2 Å². The Kier molecular flexibility index (Phi) is 2.29. The highest BCUT2D eigenvalue weighted by Crippen LogP contribution is 2.20. The van der Waals surface area contributed by atoms with Gasteiger partial charge in [0, 0.05) is 35.2 Å².